The predicted octanol–water partition coefficient (Wildman–Crippen LogP) is 1.01. The van der Waals surface area contributed by atoms with E-state index in [9.17, 15) is 14.7 Å². The molecule has 0 aromatic rings. The zero-order chi connectivity index (χ0) is 15.8. The van der Waals surface area contributed by atoms with E-state index in [1.165, 1.54) is 6.92 Å². The van der Waals surface area contributed by atoms with Crippen LogP contribution in [0.4, 0.5) is 0 Å². The van der Waals surface area contributed by atoms with E-state index >= 15 is 0 Å². The quantitative estimate of drug-likeness (QED) is 0.516. The van der Waals surface area contributed by atoms with Crippen molar-refractivity contribution in [3.8, 4) is 0 Å². The molecule has 0 radical (unpaired) electrons. The fourth-order valence-electron chi connectivity index (χ4n) is 2.62. The van der Waals surface area contributed by atoms with Gasteiger partial charge in [0.15, 0.2) is 6.29 Å². The summed E-state index contributed by atoms with van der Waals surface area (Å²) in [5, 5.41) is 13.1. The van der Waals surface area contributed by atoms with Crippen LogP contribution in [0.2, 0.25) is 0 Å². The second-order valence-corrected chi connectivity index (χ2v) is 5.56. The standard InChI is InChI=1S/C15H27NO5/c1-4-12-10(2)14(19)13(16-11(3)18)15(21-12)20-9-7-5-6-8-17/h8,10,12-15,19H,4-7,9H2,1-3H3,(H,16,18). The Hall–Kier alpha value is -0.980. The van der Waals surface area contributed by atoms with Gasteiger partial charge >= 0.3 is 0 Å². The normalized spacial score (nSPS) is 32.7. The lowest BCUT2D eigenvalue weighted by molar-refractivity contribution is -0.249. The van der Waals surface area contributed by atoms with Crippen molar-refractivity contribution in [3.05, 3.63) is 0 Å². The molecule has 0 spiro atoms. The number of rotatable bonds is 8. The summed E-state index contributed by atoms with van der Waals surface area (Å²) in [6, 6.07) is -0.564. The van der Waals surface area contributed by atoms with Crippen LogP contribution in [0.25, 0.3) is 0 Å². The first kappa shape index (κ1) is 18.1. The van der Waals surface area contributed by atoms with Crippen molar-refractivity contribution in [2.45, 2.75) is 71.0 Å². The second kappa shape index (κ2) is 9.12. The molecule has 122 valence electrons. The number of ether oxygens (including phenoxy) is 2. The van der Waals surface area contributed by atoms with E-state index < -0.39 is 18.4 Å². The first-order valence-electron chi connectivity index (χ1n) is 7.67. The molecule has 1 aliphatic rings. The number of carbonyl (C=O) groups is 2. The average Bonchev–Trinajstić information content (AvgIpc) is 2.45. The fourth-order valence-corrected chi connectivity index (χ4v) is 2.62. The molecule has 6 heteroatoms. The SMILES string of the molecule is CCC1OC(OCCCCC=O)C(NC(C)=O)C(O)C1C. The van der Waals surface area contributed by atoms with Crippen molar-refractivity contribution in [2.75, 3.05) is 6.61 Å². The van der Waals surface area contributed by atoms with E-state index in [-0.39, 0.29) is 17.9 Å². The maximum atomic E-state index is 11.3. The van der Waals surface area contributed by atoms with Crippen molar-refractivity contribution in [3.63, 3.8) is 0 Å². The summed E-state index contributed by atoms with van der Waals surface area (Å²) in [7, 11) is 0. The highest BCUT2D eigenvalue weighted by molar-refractivity contribution is 5.73. The first-order chi connectivity index (χ1) is 10.0. The largest absolute Gasteiger partial charge is 0.390 e. The number of hydrogen-bond donors (Lipinski definition) is 2. The molecule has 1 rings (SSSR count). The van der Waals surface area contributed by atoms with Gasteiger partial charge in [0.1, 0.15) is 12.3 Å². The summed E-state index contributed by atoms with van der Waals surface area (Å²) in [5.74, 6) is -0.291. The predicted molar refractivity (Wildman–Crippen MR) is 77.6 cm³/mol. The number of amides is 1. The van der Waals surface area contributed by atoms with Crippen LogP contribution in [0.1, 0.15) is 46.5 Å². The highest BCUT2D eigenvalue weighted by atomic mass is 16.7. The molecule has 0 saturated carbocycles. The molecule has 1 aliphatic heterocycles. The van der Waals surface area contributed by atoms with Gasteiger partial charge in [-0.15, -0.1) is 0 Å². The van der Waals surface area contributed by atoms with E-state index in [1.807, 2.05) is 13.8 Å². The number of carbonyl (C=O) groups excluding carboxylic acids is 2. The molecule has 0 aromatic heterocycles. The summed E-state index contributed by atoms with van der Waals surface area (Å²) in [6.07, 6.45) is 2.23. The Balaban J connectivity index is 2.60. The number of hydrogen-bond acceptors (Lipinski definition) is 5. The molecule has 1 heterocycles. The van der Waals surface area contributed by atoms with Gasteiger partial charge in [0.2, 0.25) is 5.91 Å². The fraction of sp³-hybridized carbons (Fsp3) is 0.867. The van der Waals surface area contributed by atoms with Gasteiger partial charge < -0.3 is 24.7 Å². The third kappa shape index (κ3) is 5.37. The van der Waals surface area contributed by atoms with Crippen molar-refractivity contribution in [1.82, 2.24) is 5.32 Å². The van der Waals surface area contributed by atoms with Gasteiger partial charge in [0.05, 0.1) is 12.2 Å². The topological polar surface area (TPSA) is 84.9 Å². The minimum Gasteiger partial charge on any atom is -0.390 e. The third-order valence-electron chi connectivity index (χ3n) is 3.87. The van der Waals surface area contributed by atoms with Gasteiger partial charge in [-0.1, -0.05) is 13.8 Å². The maximum Gasteiger partial charge on any atom is 0.217 e. The Morgan fingerprint density at radius 1 is 1.43 bits per heavy atom. The minimum absolute atomic E-state index is 0.0678. The number of nitrogens with one attached hydrogen (secondary N) is 1. The molecule has 1 saturated heterocycles. The lowest BCUT2D eigenvalue weighted by Crippen LogP contribution is -2.61. The highest BCUT2D eigenvalue weighted by Crippen LogP contribution is 2.28. The van der Waals surface area contributed by atoms with Crippen LogP contribution in [0.3, 0.4) is 0 Å². The van der Waals surface area contributed by atoms with Gasteiger partial charge in [-0.3, -0.25) is 4.79 Å². The Morgan fingerprint density at radius 3 is 2.71 bits per heavy atom. The molecule has 6 nitrogen and oxygen atoms in total. The monoisotopic (exact) mass is 301 g/mol. The summed E-state index contributed by atoms with van der Waals surface area (Å²) in [6.45, 7) is 5.75. The first-order valence-corrected chi connectivity index (χ1v) is 7.67. The molecule has 2 N–H and O–H groups in total. The molecule has 1 fully saturated rings. The van der Waals surface area contributed by atoms with E-state index in [2.05, 4.69) is 5.32 Å². The van der Waals surface area contributed by atoms with E-state index in [1.54, 1.807) is 0 Å². The summed E-state index contributed by atoms with van der Waals surface area (Å²) in [5.41, 5.74) is 0. The molecule has 1 amide bonds. The maximum absolute atomic E-state index is 11.3. The van der Waals surface area contributed by atoms with Crippen LogP contribution >= 0.6 is 0 Å². The molecule has 0 aliphatic carbocycles. The average molecular weight is 301 g/mol. The van der Waals surface area contributed by atoms with Gasteiger partial charge in [0, 0.05) is 25.9 Å². The van der Waals surface area contributed by atoms with Crippen LogP contribution in [0.5, 0.6) is 0 Å². The molecular formula is C15H27NO5. The zero-order valence-electron chi connectivity index (χ0n) is 13.1. The molecule has 0 aromatic carbocycles. The molecule has 5 unspecified atom stereocenters. The van der Waals surface area contributed by atoms with Gasteiger partial charge in [0.25, 0.3) is 0 Å². The zero-order valence-corrected chi connectivity index (χ0v) is 13.1. The van der Waals surface area contributed by atoms with Crippen LogP contribution < -0.4 is 5.32 Å². The molecule has 21 heavy (non-hydrogen) atoms. The summed E-state index contributed by atoms with van der Waals surface area (Å²) < 4.78 is 11.6. The third-order valence-corrected chi connectivity index (χ3v) is 3.87. The lowest BCUT2D eigenvalue weighted by Gasteiger charge is -2.43. The molecular weight excluding hydrogens is 274 g/mol. The highest BCUT2D eigenvalue weighted by Gasteiger charge is 2.43. The molecule has 0 bridgehead atoms. The van der Waals surface area contributed by atoms with E-state index in [4.69, 9.17) is 9.47 Å². The van der Waals surface area contributed by atoms with Crippen LogP contribution in [-0.4, -0.2) is 48.4 Å². The lowest BCUT2D eigenvalue weighted by atomic mass is 9.88. The number of aldehydes is 1. The van der Waals surface area contributed by atoms with Crippen molar-refractivity contribution in [1.29, 1.82) is 0 Å². The summed E-state index contributed by atoms with van der Waals surface area (Å²) >= 11 is 0. The number of aliphatic hydroxyl groups is 1. The van der Waals surface area contributed by atoms with Crippen molar-refractivity contribution < 1.29 is 24.2 Å². The Bertz CT molecular complexity index is 336. The van der Waals surface area contributed by atoms with Crippen LogP contribution in [0, 0.1) is 5.92 Å². The Kier molecular flexibility index (Phi) is 7.85. The van der Waals surface area contributed by atoms with Gasteiger partial charge in [-0.2, -0.15) is 0 Å². The Morgan fingerprint density at radius 2 is 2.14 bits per heavy atom. The van der Waals surface area contributed by atoms with Crippen LogP contribution in [-0.2, 0) is 19.1 Å². The van der Waals surface area contributed by atoms with Crippen molar-refractivity contribution in [2.24, 2.45) is 5.92 Å². The van der Waals surface area contributed by atoms with E-state index in [0.29, 0.717) is 13.0 Å². The number of aliphatic hydroxyl groups excluding tert-OH is 1. The number of unbranched alkanes of at least 4 members (excludes halogenated alkanes) is 2. The minimum atomic E-state index is -0.701. The van der Waals surface area contributed by atoms with Gasteiger partial charge in [-0.25, -0.2) is 0 Å². The van der Waals surface area contributed by atoms with Crippen molar-refractivity contribution >= 4 is 12.2 Å². The molecule has 5 atom stereocenters. The van der Waals surface area contributed by atoms with Crippen LogP contribution in [0.15, 0.2) is 0 Å². The van der Waals surface area contributed by atoms with Gasteiger partial charge in [-0.05, 0) is 19.3 Å². The Labute approximate surface area is 126 Å². The van der Waals surface area contributed by atoms with E-state index in [0.717, 1.165) is 25.5 Å². The summed E-state index contributed by atoms with van der Waals surface area (Å²) in [4.78, 5) is 21.6. The second-order valence-electron chi connectivity index (χ2n) is 5.56. The smallest absolute Gasteiger partial charge is 0.217 e.